The van der Waals surface area contributed by atoms with Crippen LogP contribution in [0.5, 0.6) is 0 Å². The number of hydrogen-bond acceptors (Lipinski definition) is 4. The van der Waals surface area contributed by atoms with Crippen molar-refractivity contribution < 1.29 is 19.1 Å². The second-order valence-corrected chi connectivity index (χ2v) is 7.98. The van der Waals surface area contributed by atoms with Crippen LogP contribution >= 0.6 is 0 Å². The van der Waals surface area contributed by atoms with Crippen molar-refractivity contribution in [3.63, 3.8) is 0 Å². The van der Waals surface area contributed by atoms with Gasteiger partial charge in [-0.3, -0.25) is 9.59 Å². The van der Waals surface area contributed by atoms with Gasteiger partial charge in [0.2, 0.25) is 0 Å². The maximum Gasteiger partial charge on any atom is 0.306 e. The van der Waals surface area contributed by atoms with E-state index < -0.39 is 0 Å². The van der Waals surface area contributed by atoms with Gasteiger partial charge in [0.1, 0.15) is 6.10 Å². The van der Waals surface area contributed by atoms with Crippen molar-refractivity contribution in [1.29, 1.82) is 0 Å². The summed E-state index contributed by atoms with van der Waals surface area (Å²) in [4.78, 5) is 23.5. The number of ether oxygens (including phenoxy) is 2. The summed E-state index contributed by atoms with van der Waals surface area (Å²) in [5, 5.41) is 0. The zero-order valence-electron chi connectivity index (χ0n) is 19.1. The van der Waals surface area contributed by atoms with Gasteiger partial charge in [-0.1, -0.05) is 72.6 Å². The molecular weight excluding hydrogens is 352 g/mol. The maximum atomic E-state index is 12.0. The average molecular weight is 399 g/mol. The number of rotatable bonds is 19. The van der Waals surface area contributed by atoms with Gasteiger partial charge in [-0.15, -0.1) is 0 Å². The molecule has 1 unspecified atom stereocenters. The lowest BCUT2D eigenvalue weighted by molar-refractivity contribution is -0.150. The van der Waals surface area contributed by atoms with E-state index in [-0.39, 0.29) is 18.0 Å². The van der Waals surface area contributed by atoms with Gasteiger partial charge in [0, 0.05) is 12.8 Å². The van der Waals surface area contributed by atoms with Crippen LogP contribution in [0.25, 0.3) is 0 Å². The standard InChI is InChI=1S/C24H46O4/c1-5-9-20-27-23(25)16-14-12-10-11-13-15-17-24(26)28-22(8-4)19-18-21(6-2)7-3/h21-22H,5-20H2,1-4H3. The molecule has 0 N–H and O–H groups in total. The van der Waals surface area contributed by atoms with Crippen molar-refractivity contribution >= 4 is 11.9 Å². The topological polar surface area (TPSA) is 52.6 Å². The van der Waals surface area contributed by atoms with Crippen LogP contribution < -0.4 is 0 Å². The van der Waals surface area contributed by atoms with Gasteiger partial charge < -0.3 is 9.47 Å². The van der Waals surface area contributed by atoms with Crippen molar-refractivity contribution in [3.05, 3.63) is 0 Å². The Hall–Kier alpha value is -1.06. The summed E-state index contributed by atoms with van der Waals surface area (Å²) in [6, 6.07) is 0. The monoisotopic (exact) mass is 398 g/mol. The molecule has 0 fully saturated rings. The van der Waals surface area contributed by atoms with Crippen LogP contribution in [0.3, 0.4) is 0 Å². The molecule has 0 saturated carbocycles. The number of carbonyl (C=O) groups excluding carboxylic acids is 2. The summed E-state index contributed by atoms with van der Waals surface area (Å²) in [5.74, 6) is 0.656. The molecule has 4 heteroatoms. The maximum absolute atomic E-state index is 12.0. The highest BCUT2D eigenvalue weighted by Crippen LogP contribution is 2.19. The minimum absolute atomic E-state index is 0.0359. The lowest BCUT2D eigenvalue weighted by Gasteiger charge is -2.19. The Kier molecular flexibility index (Phi) is 18.5. The highest BCUT2D eigenvalue weighted by molar-refractivity contribution is 5.69. The Morgan fingerprint density at radius 1 is 0.679 bits per heavy atom. The van der Waals surface area contributed by atoms with E-state index in [2.05, 4.69) is 27.7 Å². The minimum atomic E-state index is -0.0640. The van der Waals surface area contributed by atoms with Crippen molar-refractivity contribution in [3.8, 4) is 0 Å². The molecule has 28 heavy (non-hydrogen) atoms. The largest absolute Gasteiger partial charge is 0.466 e. The quantitative estimate of drug-likeness (QED) is 0.174. The normalized spacial score (nSPS) is 12.2. The second-order valence-electron chi connectivity index (χ2n) is 7.98. The van der Waals surface area contributed by atoms with Crippen LogP contribution in [0.2, 0.25) is 0 Å². The Morgan fingerprint density at radius 2 is 1.25 bits per heavy atom. The first kappa shape index (κ1) is 26.9. The molecule has 0 rings (SSSR count). The van der Waals surface area contributed by atoms with Crippen LogP contribution in [0.4, 0.5) is 0 Å². The number of esters is 2. The first-order valence-electron chi connectivity index (χ1n) is 11.9. The summed E-state index contributed by atoms with van der Waals surface area (Å²) < 4.78 is 10.8. The first-order chi connectivity index (χ1) is 13.6. The fourth-order valence-electron chi connectivity index (χ4n) is 3.36. The molecule has 0 heterocycles. The molecule has 1 atom stereocenters. The van der Waals surface area contributed by atoms with Gasteiger partial charge >= 0.3 is 11.9 Å². The van der Waals surface area contributed by atoms with Gasteiger partial charge in [-0.05, 0) is 44.4 Å². The zero-order valence-corrected chi connectivity index (χ0v) is 19.1. The number of hydrogen-bond donors (Lipinski definition) is 0. The van der Waals surface area contributed by atoms with E-state index in [9.17, 15) is 9.59 Å². The molecule has 0 radical (unpaired) electrons. The fraction of sp³-hybridized carbons (Fsp3) is 0.917. The summed E-state index contributed by atoms with van der Waals surface area (Å²) >= 11 is 0. The molecule has 0 aliphatic rings. The minimum Gasteiger partial charge on any atom is -0.466 e. The van der Waals surface area contributed by atoms with E-state index in [0.717, 1.165) is 76.5 Å². The van der Waals surface area contributed by atoms with Crippen molar-refractivity contribution in [2.75, 3.05) is 6.61 Å². The van der Waals surface area contributed by atoms with Crippen molar-refractivity contribution in [2.24, 2.45) is 5.92 Å². The Bertz CT molecular complexity index is 377. The van der Waals surface area contributed by atoms with Gasteiger partial charge in [0.15, 0.2) is 0 Å². The predicted octanol–water partition coefficient (Wildman–Crippen LogP) is 6.99. The number of unbranched alkanes of at least 4 members (excludes halogenated alkanes) is 6. The van der Waals surface area contributed by atoms with Gasteiger partial charge in [0.25, 0.3) is 0 Å². The Labute approximate surface area is 174 Å². The molecule has 0 spiro atoms. The third kappa shape index (κ3) is 15.9. The first-order valence-corrected chi connectivity index (χ1v) is 11.9. The van der Waals surface area contributed by atoms with Gasteiger partial charge in [-0.25, -0.2) is 0 Å². The van der Waals surface area contributed by atoms with E-state index in [0.29, 0.717) is 19.4 Å². The van der Waals surface area contributed by atoms with Crippen LogP contribution in [0.15, 0.2) is 0 Å². The third-order valence-electron chi connectivity index (χ3n) is 5.58. The SMILES string of the molecule is CCCCOC(=O)CCCCCCCCC(=O)OC(CC)CCC(CC)CC. The molecule has 166 valence electrons. The molecule has 0 aromatic rings. The Morgan fingerprint density at radius 3 is 1.79 bits per heavy atom. The molecule has 0 aliphatic carbocycles. The van der Waals surface area contributed by atoms with Crippen molar-refractivity contribution in [2.45, 2.75) is 130 Å². The molecule has 0 bridgehead atoms. The predicted molar refractivity (Wildman–Crippen MR) is 116 cm³/mol. The average Bonchev–Trinajstić information content (AvgIpc) is 2.69. The van der Waals surface area contributed by atoms with E-state index in [1.54, 1.807) is 0 Å². The van der Waals surface area contributed by atoms with E-state index in [4.69, 9.17) is 9.47 Å². The van der Waals surface area contributed by atoms with E-state index in [1.807, 2.05) is 0 Å². The summed E-state index contributed by atoms with van der Waals surface area (Å²) in [5.41, 5.74) is 0. The van der Waals surface area contributed by atoms with Crippen LogP contribution in [-0.4, -0.2) is 24.6 Å². The lowest BCUT2D eigenvalue weighted by Crippen LogP contribution is -2.18. The van der Waals surface area contributed by atoms with Gasteiger partial charge in [-0.2, -0.15) is 0 Å². The van der Waals surface area contributed by atoms with Crippen LogP contribution in [0, 0.1) is 5.92 Å². The second kappa shape index (κ2) is 19.3. The summed E-state index contributed by atoms with van der Waals surface area (Å²) in [6.07, 6.45) is 14.8. The smallest absolute Gasteiger partial charge is 0.306 e. The highest BCUT2D eigenvalue weighted by Gasteiger charge is 2.14. The fourth-order valence-corrected chi connectivity index (χ4v) is 3.36. The Balaban J connectivity index is 3.61. The third-order valence-corrected chi connectivity index (χ3v) is 5.58. The summed E-state index contributed by atoms with van der Waals surface area (Å²) in [7, 11) is 0. The van der Waals surface area contributed by atoms with Crippen LogP contribution in [-0.2, 0) is 19.1 Å². The van der Waals surface area contributed by atoms with Crippen molar-refractivity contribution in [1.82, 2.24) is 0 Å². The lowest BCUT2D eigenvalue weighted by atomic mass is 9.95. The summed E-state index contributed by atoms with van der Waals surface area (Å²) in [6.45, 7) is 9.22. The molecule has 4 nitrogen and oxygen atoms in total. The molecule has 0 aromatic heterocycles. The zero-order chi connectivity index (χ0) is 21.0. The van der Waals surface area contributed by atoms with Crippen LogP contribution in [0.1, 0.15) is 124 Å². The molecule has 0 amide bonds. The highest BCUT2D eigenvalue weighted by atomic mass is 16.5. The molecule has 0 aliphatic heterocycles. The van der Waals surface area contributed by atoms with Gasteiger partial charge in [0.05, 0.1) is 6.61 Å². The van der Waals surface area contributed by atoms with E-state index >= 15 is 0 Å². The molecule has 0 aromatic carbocycles. The van der Waals surface area contributed by atoms with E-state index in [1.165, 1.54) is 12.8 Å². The molecular formula is C24H46O4. The molecule has 0 saturated heterocycles. The number of carbonyl (C=O) groups is 2.